The van der Waals surface area contributed by atoms with E-state index in [-0.39, 0.29) is 0 Å². The lowest BCUT2D eigenvalue weighted by molar-refractivity contribution is 0.120. The van der Waals surface area contributed by atoms with Gasteiger partial charge in [-0.05, 0) is 54.7 Å². The summed E-state index contributed by atoms with van der Waals surface area (Å²) in [6.07, 6.45) is 6.43. The van der Waals surface area contributed by atoms with Crippen molar-refractivity contribution in [3.63, 3.8) is 0 Å². The fourth-order valence-electron chi connectivity index (χ4n) is 5.01. The van der Waals surface area contributed by atoms with Crippen molar-refractivity contribution in [2.75, 3.05) is 49.2 Å². The van der Waals surface area contributed by atoms with Crippen molar-refractivity contribution in [2.45, 2.75) is 18.8 Å². The van der Waals surface area contributed by atoms with Gasteiger partial charge < -0.3 is 23.5 Å². The summed E-state index contributed by atoms with van der Waals surface area (Å²) in [5.41, 5.74) is 5.52. The first-order valence-electron chi connectivity index (χ1n) is 11.1. The SMILES string of the molecule is Cn1cc(C2CCN(c3ccc4oc(N5CCOCC5)nc4c3)CC2)c2cccnc21. The first-order chi connectivity index (χ1) is 15.3. The van der Waals surface area contributed by atoms with E-state index in [1.54, 1.807) is 0 Å². The van der Waals surface area contributed by atoms with Crippen molar-refractivity contribution >= 4 is 33.8 Å². The fourth-order valence-corrected chi connectivity index (χ4v) is 5.01. The molecule has 2 aliphatic rings. The molecule has 0 amide bonds. The molecule has 2 aliphatic heterocycles. The Labute approximate surface area is 181 Å². The maximum Gasteiger partial charge on any atom is 0.298 e. The molecule has 4 aromatic rings. The highest BCUT2D eigenvalue weighted by molar-refractivity contribution is 5.81. The molecule has 0 atom stereocenters. The van der Waals surface area contributed by atoms with Crippen molar-refractivity contribution in [2.24, 2.45) is 7.05 Å². The molecule has 0 aliphatic carbocycles. The molecule has 0 radical (unpaired) electrons. The lowest BCUT2D eigenvalue weighted by Gasteiger charge is -2.33. The molecular formula is C24H27N5O2. The van der Waals surface area contributed by atoms with Gasteiger partial charge in [0.15, 0.2) is 5.58 Å². The number of pyridine rings is 1. The highest BCUT2D eigenvalue weighted by Gasteiger charge is 2.24. The van der Waals surface area contributed by atoms with Crippen LogP contribution in [0.1, 0.15) is 24.3 Å². The van der Waals surface area contributed by atoms with E-state index in [2.05, 4.69) is 56.9 Å². The summed E-state index contributed by atoms with van der Waals surface area (Å²) in [6, 6.07) is 11.3. The van der Waals surface area contributed by atoms with E-state index >= 15 is 0 Å². The summed E-state index contributed by atoms with van der Waals surface area (Å²) in [7, 11) is 2.09. The molecule has 5 heterocycles. The van der Waals surface area contributed by atoms with Gasteiger partial charge in [-0.25, -0.2) is 4.98 Å². The van der Waals surface area contributed by atoms with Gasteiger partial charge >= 0.3 is 0 Å². The number of ether oxygens (including phenoxy) is 1. The van der Waals surface area contributed by atoms with Crippen LogP contribution in [0.15, 0.2) is 47.1 Å². The number of oxazole rings is 1. The molecule has 7 heteroatoms. The molecule has 0 N–H and O–H groups in total. The Morgan fingerprint density at radius 3 is 2.68 bits per heavy atom. The second-order valence-corrected chi connectivity index (χ2v) is 8.58. The predicted octanol–water partition coefficient (Wildman–Crippen LogP) is 3.94. The monoisotopic (exact) mass is 417 g/mol. The van der Waals surface area contributed by atoms with Gasteiger partial charge in [0.05, 0.1) is 13.2 Å². The number of morpholine rings is 1. The topological polar surface area (TPSA) is 59.6 Å². The zero-order chi connectivity index (χ0) is 20.8. The average Bonchev–Trinajstić information content (AvgIpc) is 3.41. The fraction of sp³-hybridized carbons (Fsp3) is 0.417. The Morgan fingerprint density at radius 2 is 1.84 bits per heavy atom. The Hall–Kier alpha value is -3.06. The van der Waals surface area contributed by atoms with Crippen LogP contribution in [0.2, 0.25) is 0 Å². The van der Waals surface area contributed by atoms with Crippen LogP contribution in [0.5, 0.6) is 0 Å². The number of hydrogen-bond acceptors (Lipinski definition) is 6. The summed E-state index contributed by atoms with van der Waals surface area (Å²) in [4.78, 5) is 13.9. The van der Waals surface area contributed by atoms with E-state index in [0.29, 0.717) is 11.9 Å². The molecule has 0 saturated carbocycles. The molecule has 31 heavy (non-hydrogen) atoms. The third-order valence-electron chi connectivity index (χ3n) is 6.71. The zero-order valence-electron chi connectivity index (χ0n) is 17.8. The number of nitrogens with zero attached hydrogens (tertiary/aromatic N) is 5. The second-order valence-electron chi connectivity index (χ2n) is 8.58. The minimum absolute atomic E-state index is 0.577. The molecule has 0 spiro atoms. The molecule has 7 nitrogen and oxygen atoms in total. The highest BCUT2D eigenvalue weighted by atomic mass is 16.5. The number of anilines is 2. The third-order valence-corrected chi connectivity index (χ3v) is 6.71. The minimum atomic E-state index is 0.577. The predicted molar refractivity (Wildman–Crippen MR) is 122 cm³/mol. The van der Waals surface area contributed by atoms with E-state index in [9.17, 15) is 0 Å². The van der Waals surface area contributed by atoms with Crippen LogP contribution < -0.4 is 9.80 Å². The van der Waals surface area contributed by atoms with E-state index in [0.717, 1.165) is 69.0 Å². The lowest BCUT2D eigenvalue weighted by atomic mass is 9.89. The number of hydrogen-bond donors (Lipinski definition) is 0. The Bertz CT molecular complexity index is 1220. The number of piperidine rings is 1. The van der Waals surface area contributed by atoms with Gasteiger partial charge in [-0.2, -0.15) is 4.98 Å². The number of aryl methyl sites for hydroxylation is 1. The van der Waals surface area contributed by atoms with Crippen molar-refractivity contribution in [1.29, 1.82) is 0 Å². The first-order valence-corrected chi connectivity index (χ1v) is 11.1. The van der Waals surface area contributed by atoms with Crippen LogP contribution >= 0.6 is 0 Å². The normalized spacial score (nSPS) is 18.4. The van der Waals surface area contributed by atoms with Gasteiger partial charge in [0.1, 0.15) is 11.2 Å². The van der Waals surface area contributed by atoms with Crippen molar-refractivity contribution in [1.82, 2.24) is 14.5 Å². The van der Waals surface area contributed by atoms with Crippen LogP contribution in [0.25, 0.3) is 22.1 Å². The maximum absolute atomic E-state index is 6.00. The van der Waals surface area contributed by atoms with E-state index in [1.807, 2.05) is 12.3 Å². The minimum Gasteiger partial charge on any atom is -0.423 e. The van der Waals surface area contributed by atoms with Crippen LogP contribution in [-0.4, -0.2) is 53.9 Å². The lowest BCUT2D eigenvalue weighted by Crippen LogP contribution is -2.36. The molecule has 1 aromatic carbocycles. The summed E-state index contributed by atoms with van der Waals surface area (Å²) in [5.74, 6) is 0.577. The van der Waals surface area contributed by atoms with Crippen LogP contribution in [0.3, 0.4) is 0 Å². The van der Waals surface area contributed by atoms with Crippen molar-refractivity contribution in [3.8, 4) is 0 Å². The Morgan fingerprint density at radius 1 is 1.00 bits per heavy atom. The summed E-state index contributed by atoms with van der Waals surface area (Å²) in [6.45, 7) is 5.20. The first kappa shape index (κ1) is 18.7. The third kappa shape index (κ3) is 3.33. The molecule has 3 aromatic heterocycles. The van der Waals surface area contributed by atoms with Gasteiger partial charge in [-0.1, -0.05) is 0 Å². The van der Waals surface area contributed by atoms with Crippen LogP contribution in [0.4, 0.5) is 11.7 Å². The van der Waals surface area contributed by atoms with Gasteiger partial charge in [0.2, 0.25) is 0 Å². The van der Waals surface area contributed by atoms with Gasteiger partial charge in [-0.3, -0.25) is 0 Å². The summed E-state index contributed by atoms with van der Waals surface area (Å²) < 4.78 is 13.6. The summed E-state index contributed by atoms with van der Waals surface area (Å²) in [5, 5.41) is 1.29. The zero-order valence-corrected chi connectivity index (χ0v) is 17.8. The van der Waals surface area contributed by atoms with Gasteiger partial charge in [-0.15, -0.1) is 0 Å². The largest absolute Gasteiger partial charge is 0.423 e. The smallest absolute Gasteiger partial charge is 0.298 e. The molecule has 0 bridgehead atoms. The molecule has 6 rings (SSSR count). The van der Waals surface area contributed by atoms with E-state index in [4.69, 9.17) is 14.1 Å². The number of fused-ring (bicyclic) bond motifs is 2. The van der Waals surface area contributed by atoms with Gasteiger partial charge in [0.25, 0.3) is 6.01 Å². The standard InChI is InChI=1S/C24H27N5O2/c1-27-16-20(19-3-2-8-25-23(19)27)17-6-9-28(10-7-17)18-4-5-22-21(15-18)26-24(31-22)29-11-13-30-14-12-29/h2-5,8,15-17H,6-7,9-14H2,1H3. The van der Waals surface area contributed by atoms with Crippen LogP contribution in [-0.2, 0) is 11.8 Å². The Balaban J connectivity index is 1.19. The average molecular weight is 418 g/mol. The molecule has 2 fully saturated rings. The Kier molecular flexibility index (Phi) is 4.56. The molecular weight excluding hydrogens is 390 g/mol. The maximum atomic E-state index is 6.00. The van der Waals surface area contributed by atoms with Crippen LogP contribution in [0, 0.1) is 0 Å². The molecule has 2 saturated heterocycles. The quantitative estimate of drug-likeness (QED) is 0.503. The molecule has 0 unspecified atom stereocenters. The number of aromatic nitrogens is 3. The number of rotatable bonds is 3. The van der Waals surface area contributed by atoms with Gasteiger partial charge in [0, 0.05) is 56.7 Å². The van der Waals surface area contributed by atoms with E-state index < -0.39 is 0 Å². The summed E-state index contributed by atoms with van der Waals surface area (Å²) >= 11 is 0. The van der Waals surface area contributed by atoms with Crippen molar-refractivity contribution < 1.29 is 9.15 Å². The highest BCUT2D eigenvalue weighted by Crippen LogP contribution is 2.35. The van der Waals surface area contributed by atoms with Crippen molar-refractivity contribution in [3.05, 3.63) is 48.3 Å². The number of benzene rings is 1. The second kappa shape index (κ2) is 7.57. The van der Waals surface area contributed by atoms with E-state index in [1.165, 1.54) is 16.6 Å². The molecule has 160 valence electrons.